The Labute approximate surface area is 170 Å². The van der Waals surface area contributed by atoms with Gasteiger partial charge in [-0.25, -0.2) is 4.98 Å². The summed E-state index contributed by atoms with van der Waals surface area (Å²) in [6.45, 7) is 0.728. The fourth-order valence-corrected chi connectivity index (χ4v) is 4.19. The molecule has 8 nitrogen and oxygen atoms in total. The molecule has 0 unspecified atom stereocenters. The second-order valence-electron chi connectivity index (χ2n) is 6.62. The van der Waals surface area contributed by atoms with Crippen LogP contribution in [-0.4, -0.2) is 41.7 Å². The van der Waals surface area contributed by atoms with E-state index in [1.54, 1.807) is 17.0 Å². The van der Waals surface area contributed by atoms with Crippen LogP contribution >= 0.6 is 11.3 Å². The number of nitro benzene ring substituents is 1. The Balaban J connectivity index is 1.55. The zero-order chi connectivity index (χ0) is 20.2. The van der Waals surface area contributed by atoms with Crippen molar-refractivity contribution in [1.29, 1.82) is 0 Å². The number of para-hydroxylation sites is 3. The van der Waals surface area contributed by atoms with Crippen molar-refractivity contribution in [2.45, 2.75) is 18.9 Å². The summed E-state index contributed by atoms with van der Waals surface area (Å²) in [4.78, 5) is 29.8. The van der Waals surface area contributed by atoms with Gasteiger partial charge < -0.3 is 9.47 Å². The lowest BCUT2D eigenvalue weighted by Gasteiger charge is -2.23. The van der Waals surface area contributed by atoms with Crippen LogP contribution in [0.15, 0.2) is 48.5 Å². The molecule has 1 amide bonds. The van der Waals surface area contributed by atoms with Gasteiger partial charge in [-0.3, -0.25) is 19.8 Å². The van der Waals surface area contributed by atoms with E-state index in [1.165, 1.54) is 23.5 Å². The quantitative estimate of drug-likeness (QED) is 0.432. The maximum Gasteiger partial charge on any atom is 0.310 e. The number of nitrogens with zero attached hydrogens (tertiary/aromatic N) is 3. The molecule has 1 aliphatic rings. The second kappa shape index (κ2) is 8.54. The molecule has 3 aromatic rings. The number of nitro groups is 1. The molecular formula is C20H19N3O5S. The molecule has 0 spiro atoms. The van der Waals surface area contributed by atoms with E-state index in [0.717, 1.165) is 23.1 Å². The topological polar surface area (TPSA) is 94.8 Å². The number of hydrogen-bond acceptors (Lipinski definition) is 7. The lowest BCUT2D eigenvalue weighted by atomic mass is 10.2. The third-order valence-corrected chi connectivity index (χ3v) is 5.70. The summed E-state index contributed by atoms with van der Waals surface area (Å²) in [6, 6.07) is 13.7. The summed E-state index contributed by atoms with van der Waals surface area (Å²) in [5, 5.41) is 11.7. The minimum absolute atomic E-state index is 0.0583. The first-order chi connectivity index (χ1) is 14.1. The van der Waals surface area contributed by atoms with E-state index >= 15 is 0 Å². The molecule has 0 radical (unpaired) electrons. The summed E-state index contributed by atoms with van der Waals surface area (Å²) in [5.41, 5.74) is 0.642. The number of hydrogen-bond donors (Lipinski definition) is 0. The number of anilines is 1. The van der Waals surface area contributed by atoms with E-state index in [4.69, 9.17) is 9.47 Å². The van der Waals surface area contributed by atoms with Crippen LogP contribution in [0.1, 0.15) is 12.8 Å². The highest BCUT2D eigenvalue weighted by Crippen LogP contribution is 2.30. The van der Waals surface area contributed by atoms with E-state index in [1.807, 2.05) is 24.3 Å². The molecular weight excluding hydrogens is 394 g/mol. The number of ether oxygens (including phenoxy) is 2. The number of fused-ring (bicyclic) bond motifs is 1. The maximum atomic E-state index is 13.0. The van der Waals surface area contributed by atoms with E-state index in [2.05, 4.69) is 4.98 Å². The van der Waals surface area contributed by atoms with Crippen LogP contribution < -0.4 is 9.64 Å². The number of rotatable bonds is 7. The highest BCUT2D eigenvalue weighted by atomic mass is 32.1. The van der Waals surface area contributed by atoms with Gasteiger partial charge in [0.1, 0.15) is 0 Å². The van der Waals surface area contributed by atoms with Gasteiger partial charge in [-0.2, -0.15) is 0 Å². The molecule has 1 aliphatic heterocycles. The third kappa shape index (κ3) is 4.36. The van der Waals surface area contributed by atoms with Crippen LogP contribution in [-0.2, 0) is 9.53 Å². The van der Waals surface area contributed by atoms with E-state index in [-0.39, 0.29) is 30.1 Å². The maximum absolute atomic E-state index is 13.0. The van der Waals surface area contributed by atoms with Gasteiger partial charge >= 0.3 is 5.69 Å². The average Bonchev–Trinajstić information content (AvgIpc) is 3.39. The van der Waals surface area contributed by atoms with Crippen LogP contribution in [0.4, 0.5) is 10.8 Å². The predicted octanol–water partition coefficient (Wildman–Crippen LogP) is 3.80. The van der Waals surface area contributed by atoms with Crippen molar-refractivity contribution < 1.29 is 19.2 Å². The Morgan fingerprint density at radius 3 is 2.83 bits per heavy atom. The number of thiazole rings is 1. The molecule has 1 atom stereocenters. The summed E-state index contributed by atoms with van der Waals surface area (Å²) in [7, 11) is 0. The Morgan fingerprint density at radius 2 is 2.07 bits per heavy atom. The van der Waals surface area contributed by atoms with Gasteiger partial charge in [0, 0.05) is 12.7 Å². The molecule has 4 rings (SSSR count). The van der Waals surface area contributed by atoms with Crippen LogP contribution in [0.3, 0.4) is 0 Å². The van der Waals surface area contributed by atoms with Crippen molar-refractivity contribution in [3.05, 3.63) is 58.6 Å². The Hall–Kier alpha value is -3.04. The zero-order valence-electron chi connectivity index (χ0n) is 15.5. The molecule has 1 aromatic heterocycles. The van der Waals surface area contributed by atoms with E-state index in [0.29, 0.717) is 18.3 Å². The first kappa shape index (κ1) is 19.3. The van der Waals surface area contributed by atoms with E-state index in [9.17, 15) is 14.9 Å². The Morgan fingerprint density at radius 1 is 1.28 bits per heavy atom. The molecule has 9 heteroatoms. The van der Waals surface area contributed by atoms with Crippen molar-refractivity contribution in [3.63, 3.8) is 0 Å². The predicted molar refractivity (Wildman–Crippen MR) is 110 cm³/mol. The smallest absolute Gasteiger partial charge is 0.310 e. The van der Waals surface area contributed by atoms with Crippen molar-refractivity contribution in [1.82, 2.24) is 4.98 Å². The molecule has 2 aromatic carbocycles. The lowest BCUT2D eigenvalue weighted by molar-refractivity contribution is -0.385. The lowest BCUT2D eigenvalue weighted by Crippen LogP contribution is -2.40. The van der Waals surface area contributed by atoms with Crippen molar-refractivity contribution >= 4 is 38.3 Å². The molecule has 0 aliphatic carbocycles. The molecule has 0 bridgehead atoms. The number of amides is 1. The van der Waals surface area contributed by atoms with Gasteiger partial charge in [0.2, 0.25) is 0 Å². The van der Waals surface area contributed by atoms with Crippen LogP contribution in [0.5, 0.6) is 5.75 Å². The number of carbonyl (C=O) groups is 1. The molecule has 2 heterocycles. The normalized spacial score (nSPS) is 16.1. The minimum Gasteiger partial charge on any atom is -0.477 e. The van der Waals surface area contributed by atoms with Gasteiger partial charge in [-0.1, -0.05) is 35.6 Å². The molecule has 0 saturated carbocycles. The monoisotopic (exact) mass is 413 g/mol. The fourth-order valence-electron chi connectivity index (χ4n) is 3.20. The fraction of sp³-hybridized carbons (Fsp3) is 0.300. The summed E-state index contributed by atoms with van der Waals surface area (Å²) in [5.74, 6) is -0.259. The van der Waals surface area contributed by atoms with Crippen LogP contribution in [0, 0.1) is 10.1 Å². The number of carbonyl (C=O) groups excluding carboxylic acids is 1. The Bertz CT molecular complexity index is 999. The van der Waals surface area contributed by atoms with Gasteiger partial charge in [-0.05, 0) is 31.0 Å². The van der Waals surface area contributed by atoms with Crippen molar-refractivity contribution in [3.8, 4) is 5.75 Å². The molecule has 150 valence electrons. The second-order valence-corrected chi connectivity index (χ2v) is 7.63. The Kier molecular flexibility index (Phi) is 5.68. The first-order valence-corrected chi connectivity index (χ1v) is 10.1. The van der Waals surface area contributed by atoms with Gasteiger partial charge in [0.15, 0.2) is 17.5 Å². The standard InChI is InChI=1S/C20H19N3O5S/c24-19(13-28-17-9-3-2-8-16(17)23(25)26)22(12-14-6-5-11-27-14)20-21-15-7-1-4-10-18(15)29-20/h1-4,7-10,14H,5-6,11-13H2/t14-/m0/s1. The zero-order valence-corrected chi connectivity index (χ0v) is 16.3. The summed E-state index contributed by atoms with van der Waals surface area (Å²) < 4.78 is 12.2. The van der Waals surface area contributed by atoms with Crippen molar-refractivity contribution in [2.24, 2.45) is 0 Å². The highest BCUT2D eigenvalue weighted by Gasteiger charge is 2.27. The average molecular weight is 413 g/mol. The number of aromatic nitrogens is 1. The largest absolute Gasteiger partial charge is 0.477 e. The summed E-state index contributed by atoms with van der Waals surface area (Å²) in [6.07, 6.45) is 1.77. The third-order valence-electron chi connectivity index (χ3n) is 4.64. The SMILES string of the molecule is O=C(COc1ccccc1[N+](=O)[O-])N(C[C@@H]1CCCO1)c1nc2ccccc2s1. The molecule has 1 fully saturated rings. The molecule has 0 N–H and O–H groups in total. The molecule has 29 heavy (non-hydrogen) atoms. The first-order valence-electron chi connectivity index (χ1n) is 9.25. The highest BCUT2D eigenvalue weighted by molar-refractivity contribution is 7.22. The van der Waals surface area contributed by atoms with Gasteiger partial charge in [0.05, 0.1) is 27.8 Å². The van der Waals surface area contributed by atoms with Gasteiger partial charge in [-0.15, -0.1) is 0 Å². The van der Waals surface area contributed by atoms with Crippen molar-refractivity contribution in [2.75, 3.05) is 24.7 Å². The number of benzene rings is 2. The summed E-state index contributed by atoms with van der Waals surface area (Å²) >= 11 is 1.42. The minimum atomic E-state index is -0.530. The van der Waals surface area contributed by atoms with Gasteiger partial charge in [0.25, 0.3) is 5.91 Å². The van der Waals surface area contributed by atoms with Crippen LogP contribution in [0.2, 0.25) is 0 Å². The van der Waals surface area contributed by atoms with Crippen LogP contribution in [0.25, 0.3) is 10.2 Å². The molecule has 1 saturated heterocycles. The van der Waals surface area contributed by atoms with E-state index < -0.39 is 4.92 Å².